The summed E-state index contributed by atoms with van der Waals surface area (Å²) >= 11 is 0. The summed E-state index contributed by atoms with van der Waals surface area (Å²) in [6, 6.07) is 14.1. The molecule has 0 aliphatic heterocycles. The molecule has 4 nitrogen and oxygen atoms in total. The Labute approximate surface area is 134 Å². The fraction of sp³-hybridized carbons (Fsp3) is 0.263. The molecule has 0 saturated heterocycles. The molecule has 0 bridgehead atoms. The van der Waals surface area contributed by atoms with Crippen LogP contribution >= 0.6 is 0 Å². The average Bonchev–Trinajstić information content (AvgIpc) is 3.06. The minimum atomic E-state index is -0.928. The lowest BCUT2D eigenvalue weighted by molar-refractivity contribution is 0.0686. The van der Waals surface area contributed by atoms with Crippen molar-refractivity contribution in [3.05, 3.63) is 70.8 Å². The van der Waals surface area contributed by atoms with Gasteiger partial charge in [-0.2, -0.15) is 0 Å². The quantitative estimate of drug-likeness (QED) is 0.897. The van der Waals surface area contributed by atoms with Crippen molar-refractivity contribution in [2.75, 3.05) is 0 Å². The van der Waals surface area contributed by atoms with Gasteiger partial charge in [-0.3, -0.25) is 0 Å². The van der Waals surface area contributed by atoms with Crippen molar-refractivity contribution in [1.82, 2.24) is 0 Å². The van der Waals surface area contributed by atoms with Crippen molar-refractivity contribution in [2.24, 2.45) is 0 Å². The fourth-order valence-electron chi connectivity index (χ4n) is 3.59. The molecular weight excluding hydrogens is 292 g/mol. The van der Waals surface area contributed by atoms with Gasteiger partial charge in [0.05, 0.1) is 11.1 Å². The Morgan fingerprint density at radius 3 is 1.35 bits per heavy atom. The summed E-state index contributed by atoms with van der Waals surface area (Å²) in [5.41, 5.74) is 2.62. The molecular formula is C19H18O4. The van der Waals surface area contributed by atoms with Crippen molar-refractivity contribution < 1.29 is 19.8 Å². The average molecular weight is 310 g/mol. The zero-order valence-corrected chi connectivity index (χ0v) is 12.7. The first kappa shape index (κ1) is 15.3. The van der Waals surface area contributed by atoms with Gasteiger partial charge in [-0.1, -0.05) is 37.1 Å². The van der Waals surface area contributed by atoms with Gasteiger partial charge in [-0.25, -0.2) is 9.59 Å². The van der Waals surface area contributed by atoms with Crippen LogP contribution in [-0.2, 0) is 5.41 Å². The van der Waals surface area contributed by atoms with Gasteiger partial charge in [0.15, 0.2) is 0 Å². The Kier molecular flexibility index (Phi) is 3.90. The standard InChI is InChI=1S/C19H18O4/c20-17(21)13-3-7-15(8-4-13)19(11-1-2-12-19)16-9-5-14(6-10-16)18(22)23/h3-10H,1-2,11-12H2,(H,20,21)(H,22,23). The van der Waals surface area contributed by atoms with Crippen LogP contribution in [0.25, 0.3) is 0 Å². The van der Waals surface area contributed by atoms with Crippen LogP contribution in [0.1, 0.15) is 57.5 Å². The molecule has 118 valence electrons. The molecule has 0 spiro atoms. The van der Waals surface area contributed by atoms with Crippen molar-refractivity contribution in [1.29, 1.82) is 0 Å². The second kappa shape index (κ2) is 5.88. The Morgan fingerprint density at radius 2 is 1.04 bits per heavy atom. The number of benzene rings is 2. The largest absolute Gasteiger partial charge is 0.478 e. The van der Waals surface area contributed by atoms with E-state index in [1.807, 2.05) is 24.3 Å². The Morgan fingerprint density at radius 1 is 0.696 bits per heavy atom. The van der Waals surface area contributed by atoms with Crippen LogP contribution < -0.4 is 0 Å². The zero-order chi connectivity index (χ0) is 16.4. The first-order valence-corrected chi connectivity index (χ1v) is 7.71. The minimum Gasteiger partial charge on any atom is -0.478 e. The highest BCUT2D eigenvalue weighted by molar-refractivity contribution is 5.88. The molecule has 0 radical (unpaired) electrons. The number of carbonyl (C=O) groups is 2. The third-order valence-corrected chi connectivity index (χ3v) is 4.83. The second-order valence-electron chi connectivity index (χ2n) is 6.05. The van der Waals surface area contributed by atoms with Gasteiger partial charge in [0, 0.05) is 5.41 Å². The summed E-state index contributed by atoms with van der Waals surface area (Å²) < 4.78 is 0. The maximum atomic E-state index is 11.0. The number of hydrogen-bond donors (Lipinski definition) is 2. The molecule has 2 aromatic rings. The first-order valence-electron chi connectivity index (χ1n) is 7.71. The van der Waals surface area contributed by atoms with E-state index in [4.69, 9.17) is 10.2 Å². The third kappa shape index (κ3) is 2.72. The summed E-state index contributed by atoms with van der Waals surface area (Å²) in [6.07, 6.45) is 4.21. The SMILES string of the molecule is O=C(O)c1ccc(C2(c3ccc(C(=O)O)cc3)CCCC2)cc1. The second-order valence-corrected chi connectivity index (χ2v) is 6.05. The number of aromatic carboxylic acids is 2. The van der Waals surface area contributed by atoms with E-state index < -0.39 is 11.9 Å². The molecule has 2 N–H and O–H groups in total. The van der Waals surface area contributed by atoms with E-state index in [0.717, 1.165) is 36.8 Å². The van der Waals surface area contributed by atoms with E-state index in [2.05, 4.69) is 0 Å². The van der Waals surface area contributed by atoms with Gasteiger partial charge in [-0.15, -0.1) is 0 Å². The normalized spacial score (nSPS) is 16.2. The maximum absolute atomic E-state index is 11.0. The molecule has 0 atom stereocenters. The highest BCUT2D eigenvalue weighted by Crippen LogP contribution is 2.46. The third-order valence-electron chi connectivity index (χ3n) is 4.83. The molecule has 1 fully saturated rings. The van der Waals surface area contributed by atoms with E-state index in [-0.39, 0.29) is 16.5 Å². The summed E-state index contributed by atoms with van der Waals surface area (Å²) in [5.74, 6) is -1.86. The van der Waals surface area contributed by atoms with E-state index >= 15 is 0 Å². The molecule has 4 heteroatoms. The topological polar surface area (TPSA) is 74.6 Å². The molecule has 3 rings (SSSR count). The molecule has 23 heavy (non-hydrogen) atoms. The summed E-state index contributed by atoms with van der Waals surface area (Å²) in [4.78, 5) is 22.1. The van der Waals surface area contributed by atoms with E-state index in [1.165, 1.54) is 0 Å². The van der Waals surface area contributed by atoms with Gasteiger partial charge < -0.3 is 10.2 Å². The van der Waals surface area contributed by atoms with Crippen molar-refractivity contribution >= 4 is 11.9 Å². The lowest BCUT2D eigenvalue weighted by Gasteiger charge is -2.30. The molecule has 0 heterocycles. The van der Waals surface area contributed by atoms with Crippen LogP contribution in [0.2, 0.25) is 0 Å². The van der Waals surface area contributed by atoms with Crippen molar-refractivity contribution in [2.45, 2.75) is 31.1 Å². The van der Waals surface area contributed by atoms with Crippen LogP contribution in [0.3, 0.4) is 0 Å². The lowest BCUT2D eigenvalue weighted by Crippen LogP contribution is -2.24. The number of hydrogen-bond acceptors (Lipinski definition) is 2. The van der Waals surface area contributed by atoms with Gasteiger partial charge in [-0.05, 0) is 48.2 Å². The summed E-state index contributed by atoms with van der Waals surface area (Å²) in [6.45, 7) is 0. The Balaban J connectivity index is 2.02. The predicted molar refractivity (Wildman–Crippen MR) is 86.1 cm³/mol. The predicted octanol–water partition coefficient (Wildman–Crippen LogP) is 3.94. The first-order chi connectivity index (χ1) is 11.0. The zero-order valence-electron chi connectivity index (χ0n) is 12.7. The number of carboxylic acids is 2. The van der Waals surface area contributed by atoms with Gasteiger partial charge in [0.25, 0.3) is 0 Å². The van der Waals surface area contributed by atoms with Gasteiger partial charge in [0.1, 0.15) is 0 Å². The monoisotopic (exact) mass is 310 g/mol. The number of rotatable bonds is 4. The molecule has 1 aliphatic carbocycles. The molecule has 0 unspecified atom stereocenters. The molecule has 0 aromatic heterocycles. The maximum Gasteiger partial charge on any atom is 0.335 e. The highest BCUT2D eigenvalue weighted by atomic mass is 16.4. The van der Waals surface area contributed by atoms with Gasteiger partial charge >= 0.3 is 11.9 Å². The van der Waals surface area contributed by atoms with Crippen LogP contribution in [0.4, 0.5) is 0 Å². The minimum absolute atomic E-state index is 0.145. The molecule has 1 aliphatic rings. The summed E-state index contributed by atoms with van der Waals surface area (Å²) in [7, 11) is 0. The molecule has 0 amide bonds. The van der Waals surface area contributed by atoms with Crippen molar-refractivity contribution in [3.8, 4) is 0 Å². The van der Waals surface area contributed by atoms with E-state index in [9.17, 15) is 9.59 Å². The van der Waals surface area contributed by atoms with E-state index in [1.54, 1.807) is 24.3 Å². The molecule has 1 saturated carbocycles. The Hall–Kier alpha value is -2.62. The molecule has 2 aromatic carbocycles. The summed E-state index contributed by atoms with van der Waals surface area (Å²) in [5, 5.41) is 18.1. The lowest BCUT2D eigenvalue weighted by atomic mass is 9.73. The van der Waals surface area contributed by atoms with Gasteiger partial charge in [0.2, 0.25) is 0 Å². The van der Waals surface area contributed by atoms with Crippen LogP contribution in [-0.4, -0.2) is 22.2 Å². The fourth-order valence-corrected chi connectivity index (χ4v) is 3.59. The van der Waals surface area contributed by atoms with E-state index in [0.29, 0.717) is 0 Å². The van der Waals surface area contributed by atoms with Crippen LogP contribution in [0.15, 0.2) is 48.5 Å². The Bertz CT molecular complexity index is 663. The smallest absolute Gasteiger partial charge is 0.335 e. The van der Waals surface area contributed by atoms with Crippen molar-refractivity contribution in [3.63, 3.8) is 0 Å². The van der Waals surface area contributed by atoms with Crippen LogP contribution in [0.5, 0.6) is 0 Å². The number of carboxylic acid groups (broad SMARTS) is 2. The van der Waals surface area contributed by atoms with Crippen LogP contribution in [0, 0.1) is 0 Å². The highest BCUT2D eigenvalue weighted by Gasteiger charge is 2.37.